The summed E-state index contributed by atoms with van der Waals surface area (Å²) in [6, 6.07) is 11.9. The van der Waals surface area contributed by atoms with Crippen LogP contribution in [0.4, 0.5) is 0 Å². The summed E-state index contributed by atoms with van der Waals surface area (Å²) in [7, 11) is 0. The third-order valence-corrected chi connectivity index (χ3v) is 5.94. The Labute approximate surface area is 170 Å². The molecule has 0 aliphatic heterocycles. The summed E-state index contributed by atoms with van der Waals surface area (Å²) in [5.41, 5.74) is 3.40. The van der Waals surface area contributed by atoms with Crippen molar-refractivity contribution in [3.8, 4) is 17.1 Å². The molecule has 0 fully saturated rings. The predicted octanol–water partition coefficient (Wildman–Crippen LogP) is 4.28. The number of para-hydroxylation sites is 1. The fourth-order valence-corrected chi connectivity index (χ4v) is 4.46. The van der Waals surface area contributed by atoms with Crippen molar-refractivity contribution in [1.29, 1.82) is 0 Å². The second kappa shape index (κ2) is 6.82. The predicted molar refractivity (Wildman–Crippen MR) is 112 cm³/mol. The molecule has 0 aliphatic rings. The van der Waals surface area contributed by atoms with Crippen molar-refractivity contribution in [3.63, 3.8) is 0 Å². The van der Waals surface area contributed by atoms with Gasteiger partial charge in [-0.1, -0.05) is 12.1 Å². The van der Waals surface area contributed by atoms with E-state index in [9.17, 15) is 4.79 Å². The van der Waals surface area contributed by atoms with Crippen LogP contribution in [0.3, 0.4) is 0 Å². The SMILES string of the molecule is CCOC(=O)c1sc2ncn3nc(-c4ccccc4-n4cccc4)nc3c2c1C. The lowest BCUT2D eigenvalue weighted by Crippen LogP contribution is -2.03. The van der Waals surface area contributed by atoms with E-state index in [0.29, 0.717) is 23.0 Å². The third-order valence-electron chi connectivity index (χ3n) is 4.76. The van der Waals surface area contributed by atoms with Crippen molar-refractivity contribution >= 4 is 33.2 Å². The number of nitrogens with zero attached hydrogens (tertiary/aromatic N) is 5. The normalized spacial score (nSPS) is 11.4. The average Bonchev–Trinajstić information content (AvgIpc) is 3.46. The van der Waals surface area contributed by atoms with Crippen molar-refractivity contribution < 1.29 is 9.53 Å². The van der Waals surface area contributed by atoms with Crippen LogP contribution in [0, 0.1) is 6.92 Å². The first-order chi connectivity index (χ1) is 14.2. The molecule has 0 saturated heterocycles. The molecule has 29 heavy (non-hydrogen) atoms. The van der Waals surface area contributed by atoms with Gasteiger partial charge in [0, 0.05) is 18.0 Å². The fourth-order valence-electron chi connectivity index (χ4n) is 3.42. The van der Waals surface area contributed by atoms with Gasteiger partial charge in [0.25, 0.3) is 0 Å². The number of fused-ring (bicyclic) bond motifs is 3. The van der Waals surface area contributed by atoms with Gasteiger partial charge in [0.2, 0.25) is 0 Å². The number of hydrogen-bond donors (Lipinski definition) is 0. The van der Waals surface area contributed by atoms with E-state index in [1.54, 1.807) is 17.8 Å². The number of rotatable bonds is 4. The van der Waals surface area contributed by atoms with E-state index in [1.165, 1.54) is 11.3 Å². The Morgan fingerprint density at radius 3 is 2.76 bits per heavy atom. The van der Waals surface area contributed by atoms with E-state index >= 15 is 0 Å². The Morgan fingerprint density at radius 2 is 1.97 bits per heavy atom. The van der Waals surface area contributed by atoms with Crippen molar-refractivity contribution in [2.24, 2.45) is 0 Å². The van der Waals surface area contributed by atoms with E-state index < -0.39 is 0 Å². The lowest BCUT2D eigenvalue weighted by atomic mass is 10.1. The molecule has 144 valence electrons. The molecule has 4 aromatic heterocycles. The van der Waals surface area contributed by atoms with Crippen LogP contribution in [0.15, 0.2) is 55.1 Å². The van der Waals surface area contributed by atoms with Gasteiger partial charge in [0.05, 0.1) is 17.7 Å². The molecule has 0 aliphatic carbocycles. The minimum atomic E-state index is -0.330. The zero-order valence-corrected chi connectivity index (χ0v) is 16.7. The fraction of sp³-hybridized carbons (Fsp3) is 0.143. The number of carbonyl (C=O) groups excluding carboxylic acids is 1. The standard InChI is InChI=1S/C21H17N5O2S/c1-3-28-21(27)17-13(2)16-19-23-18(24-26(19)12-22-20(16)29-17)14-8-4-5-9-15(14)25-10-6-7-11-25/h4-12H,3H2,1-2H3. The molecule has 4 heterocycles. The number of esters is 1. The number of aryl methyl sites for hydroxylation is 1. The van der Waals surface area contributed by atoms with E-state index in [-0.39, 0.29) is 5.97 Å². The maximum absolute atomic E-state index is 12.3. The Kier molecular flexibility index (Phi) is 4.13. The van der Waals surface area contributed by atoms with Crippen LogP contribution < -0.4 is 0 Å². The molecule has 8 heteroatoms. The summed E-state index contributed by atoms with van der Waals surface area (Å²) in [5.74, 6) is 0.274. The van der Waals surface area contributed by atoms with Crippen LogP contribution >= 0.6 is 11.3 Å². The minimum Gasteiger partial charge on any atom is -0.462 e. The summed E-state index contributed by atoms with van der Waals surface area (Å²) in [6.45, 7) is 4.03. The van der Waals surface area contributed by atoms with Crippen LogP contribution in [-0.4, -0.2) is 36.7 Å². The lowest BCUT2D eigenvalue weighted by molar-refractivity contribution is 0.0531. The zero-order chi connectivity index (χ0) is 20.0. The van der Waals surface area contributed by atoms with E-state index in [2.05, 4.69) is 10.1 Å². The van der Waals surface area contributed by atoms with Gasteiger partial charge in [-0.2, -0.15) is 0 Å². The highest BCUT2D eigenvalue weighted by Gasteiger charge is 2.21. The molecule has 0 spiro atoms. The summed E-state index contributed by atoms with van der Waals surface area (Å²) in [4.78, 5) is 22.9. The van der Waals surface area contributed by atoms with Crippen LogP contribution in [0.5, 0.6) is 0 Å². The van der Waals surface area contributed by atoms with Gasteiger partial charge in [-0.05, 0) is 43.7 Å². The number of thiophene rings is 1. The van der Waals surface area contributed by atoms with E-state index in [0.717, 1.165) is 27.0 Å². The Balaban J connectivity index is 1.71. The van der Waals surface area contributed by atoms with E-state index in [4.69, 9.17) is 9.72 Å². The number of carbonyl (C=O) groups is 1. The smallest absolute Gasteiger partial charge is 0.348 e. The molecule has 5 aromatic rings. The molecule has 1 aromatic carbocycles. The molecule has 0 N–H and O–H groups in total. The number of aromatic nitrogens is 5. The molecule has 0 amide bonds. The molecule has 0 saturated carbocycles. The van der Waals surface area contributed by atoms with Gasteiger partial charge >= 0.3 is 5.97 Å². The number of hydrogen-bond acceptors (Lipinski definition) is 6. The van der Waals surface area contributed by atoms with Crippen molar-refractivity contribution in [2.75, 3.05) is 6.61 Å². The Bertz CT molecular complexity index is 1350. The van der Waals surface area contributed by atoms with Crippen LogP contribution in [0.1, 0.15) is 22.2 Å². The van der Waals surface area contributed by atoms with Crippen LogP contribution in [0.2, 0.25) is 0 Å². The number of benzene rings is 1. The highest BCUT2D eigenvalue weighted by atomic mass is 32.1. The lowest BCUT2D eigenvalue weighted by Gasteiger charge is -2.07. The van der Waals surface area contributed by atoms with Crippen LogP contribution in [-0.2, 0) is 4.74 Å². The number of ether oxygens (including phenoxy) is 1. The van der Waals surface area contributed by atoms with Gasteiger partial charge in [-0.15, -0.1) is 16.4 Å². The maximum atomic E-state index is 12.3. The largest absolute Gasteiger partial charge is 0.462 e. The zero-order valence-electron chi connectivity index (χ0n) is 15.9. The summed E-state index contributed by atoms with van der Waals surface area (Å²) < 4.78 is 8.88. The molecule has 7 nitrogen and oxygen atoms in total. The summed E-state index contributed by atoms with van der Waals surface area (Å²) in [5, 5.41) is 5.48. The van der Waals surface area contributed by atoms with Gasteiger partial charge in [-0.25, -0.2) is 19.3 Å². The Morgan fingerprint density at radius 1 is 1.17 bits per heavy atom. The van der Waals surface area contributed by atoms with Crippen molar-refractivity contribution in [2.45, 2.75) is 13.8 Å². The Hall–Kier alpha value is -3.52. The van der Waals surface area contributed by atoms with Gasteiger partial charge in [0.15, 0.2) is 11.5 Å². The summed E-state index contributed by atoms with van der Waals surface area (Å²) in [6.07, 6.45) is 5.61. The average molecular weight is 403 g/mol. The monoisotopic (exact) mass is 403 g/mol. The van der Waals surface area contributed by atoms with Gasteiger partial charge in [0.1, 0.15) is 16.0 Å². The molecular weight excluding hydrogens is 386 g/mol. The molecule has 0 unspecified atom stereocenters. The maximum Gasteiger partial charge on any atom is 0.348 e. The molecule has 0 atom stereocenters. The highest BCUT2D eigenvalue weighted by Crippen LogP contribution is 2.33. The molecular formula is C21H17N5O2S. The van der Waals surface area contributed by atoms with Crippen molar-refractivity contribution in [1.82, 2.24) is 24.1 Å². The van der Waals surface area contributed by atoms with E-state index in [1.807, 2.05) is 60.3 Å². The minimum absolute atomic E-state index is 0.330. The first-order valence-corrected chi connectivity index (χ1v) is 10.0. The first-order valence-electron chi connectivity index (χ1n) is 9.21. The highest BCUT2D eigenvalue weighted by molar-refractivity contribution is 7.20. The molecule has 5 rings (SSSR count). The second-order valence-electron chi connectivity index (χ2n) is 6.51. The third kappa shape index (κ3) is 2.80. The van der Waals surface area contributed by atoms with Crippen LogP contribution in [0.25, 0.3) is 32.9 Å². The molecule has 0 bridgehead atoms. The quantitative estimate of drug-likeness (QED) is 0.419. The van der Waals surface area contributed by atoms with Gasteiger partial charge < -0.3 is 9.30 Å². The second-order valence-corrected chi connectivity index (χ2v) is 7.51. The van der Waals surface area contributed by atoms with Crippen molar-refractivity contribution in [3.05, 3.63) is 65.6 Å². The van der Waals surface area contributed by atoms with Gasteiger partial charge in [-0.3, -0.25) is 0 Å². The first kappa shape index (κ1) is 17.6. The topological polar surface area (TPSA) is 74.3 Å². The summed E-state index contributed by atoms with van der Waals surface area (Å²) >= 11 is 1.32. The molecule has 0 radical (unpaired) electrons.